The van der Waals surface area contributed by atoms with Gasteiger partial charge in [0.1, 0.15) is 18.1 Å². The van der Waals surface area contributed by atoms with E-state index in [1.807, 2.05) is 48.5 Å². The average Bonchev–Trinajstić information content (AvgIpc) is 2.73. The smallest absolute Gasteiger partial charge is 0.250 e. The van der Waals surface area contributed by atoms with E-state index in [2.05, 4.69) is 10.6 Å². The van der Waals surface area contributed by atoms with Gasteiger partial charge in [0.25, 0.3) is 0 Å². The second-order valence-electron chi connectivity index (χ2n) is 6.66. The maximum absolute atomic E-state index is 13.2. The van der Waals surface area contributed by atoms with E-state index in [1.54, 1.807) is 24.3 Å². The van der Waals surface area contributed by atoms with Crippen LogP contribution in [-0.4, -0.2) is 25.5 Å². The van der Waals surface area contributed by atoms with E-state index in [1.165, 1.54) is 7.11 Å². The molecule has 0 aromatic heterocycles. The molecule has 2 amide bonds. The summed E-state index contributed by atoms with van der Waals surface area (Å²) in [5.74, 6) is 0.506. The normalized spacial score (nSPS) is 12.3. The van der Waals surface area contributed by atoms with Crippen LogP contribution in [-0.2, 0) is 14.3 Å². The number of hydrogen-bond donors (Lipinski definition) is 2. The molecule has 29 heavy (non-hydrogen) atoms. The standard InChI is InChI=1S/C23H20N2O4/c1-28-14-21(26)24-15-10-12-16(13-11-15)25-23(27)22-17-6-2-4-8-19(17)29-20-9-5-3-7-18(20)22/h2-13,22H,14H2,1H3,(H,24,26)(H,25,27). The molecule has 3 aromatic rings. The number of nitrogens with one attached hydrogen (secondary N) is 2. The Balaban J connectivity index is 1.55. The predicted molar refractivity (Wildman–Crippen MR) is 110 cm³/mol. The highest BCUT2D eigenvalue weighted by Crippen LogP contribution is 2.44. The third-order valence-corrected chi connectivity index (χ3v) is 4.65. The van der Waals surface area contributed by atoms with Gasteiger partial charge in [-0.15, -0.1) is 0 Å². The van der Waals surface area contributed by atoms with Gasteiger partial charge < -0.3 is 20.1 Å². The number of amides is 2. The summed E-state index contributed by atoms with van der Waals surface area (Å²) in [5.41, 5.74) is 2.92. The van der Waals surface area contributed by atoms with Crippen LogP contribution in [0.15, 0.2) is 72.8 Å². The molecule has 4 rings (SSSR count). The van der Waals surface area contributed by atoms with Crippen molar-refractivity contribution in [1.82, 2.24) is 0 Å². The van der Waals surface area contributed by atoms with Gasteiger partial charge in [0.2, 0.25) is 11.8 Å². The van der Waals surface area contributed by atoms with Crippen molar-refractivity contribution >= 4 is 23.2 Å². The van der Waals surface area contributed by atoms with Crippen molar-refractivity contribution in [2.24, 2.45) is 0 Å². The summed E-state index contributed by atoms with van der Waals surface area (Å²) in [6.45, 7) is -0.0128. The van der Waals surface area contributed by atoms with E-state index < -0.39 is 5.92 Å². The first-order chi connectivity index (χ1) is 14.2. The third kappa shape index (κ3) is 3.97. The van der Waals surface area contributed by atoms with Crippen LogP contribution in [0.5, 0.6) is 11.5 Å². The molecule has 0 unspecified atom stereocenters. The highest BCUT2D eigenvalue weighted by atomic mass is 16.5. The summed E-state index contributed by atoms with van der Waals surface area (Å²) < 4.78 is 10.7. The Morgan fingerprint density at radius 2 is 1.34 bits per heavy atom. The Bertz CT molecular complexity index is 1000. The summed E-state index contributed by atoms with van der Waals surface area (Å²) in [6.07, 6.45) is 0. The predicted octanol–water partition coefficient (Wildman–Crippen LogP) is 4.15. The van der Waals surface area contributed by atoms with Gasteiger partial charge >= 0.3 is 0 Å². The van der Waals surface area contributed by atoms with Gasteiger partial charge in [0.15, 0.2) is 0 Å². The van der Waals surface area contributed by atoms with Gasteiger partial charge in [-0.05, 0) is 36.4 Å². The monoisotopic (exact) mass is 388 g/mol. The summed E-state index contributed by atoms with van der Waals surface area (Å²) in [6, 6.07) is 22.1. The molecule has 0 fully saturated rings. The lowest BCUT2D eigenvalue weighted by Gasteiger charge is -2.27. The molecule has 1 heterocycles. The molecule has 0 atom stereocenters. The first-order valence-corrected chi connectivity index (χ1v) is 9.21. The van der Waals surface area contributed by atoms with Crippen LogP contribution in [0.4, 0.5) is 11.4 Å². The average molecular weight is 388 g/mol. The molecule has 0 aliphatic carbocycles. The number of rotatable bonds is 5. The zero-order chi connectivity index (χ0) is 20.2. The summed E-state index contributed by atoms with van der Waals surface area (Å²) in [5, 5.41) is 5.69. The molecule has 146 valence electrons. The maximum Gasteiger partial charge on any atom is 0.250 e. The van der Waals surface area contributed by atoms with E-state index >= 15 is 0 Å². The number of para-hydroxylation sites is 2. The minimum absolute atomic E-state index is 0.0128. The Hall–Kier alpha value is -3.64. The summed E-state index contributed by atoms with van der Waals surface area (Å²) >= 11 is 0. The number of ether oxygens (including phenoxy) is 2. The molecular formula is C23H20N2O4. The van der Waals surface area contributed by atoms with Crippen LogP contribution < -0.4 is 15.4 Å². The molecule has 0 radical (unpaired) electrons. The van der Waals surface area contributed by atoms with E-state index in [0.717, 1.165) is 11.1 Å². The van der Waals surface area contributed by atoms with Crippen LogP contribution in [0.25, 0.3) is 0 Å². The molecule has 0 bridgehead atoms. The Labute approximate surface area is 168 Å². The van der Waals surface area contributed by atoms with Crippen molar-refractivity contribution in [2.45, 2.75) is 5.92 Å². The number of fused-ring (bicyclic) bond motifs is 2. The Morgan fingerprint density at radius 1 is 0.828 bits per heavy atom. The summed E-state index contributed by atoms with van der Waals surface area (Å²) in [4.78, 5) is 24.8. The Kier molecular flexibility index (Phi) is 5.27. The minimum atomic E-state index is -0.475. The van der Waals surface area contributed by atoms with Crippen LogP contribution in [0.1, 0.15) is 17.0 Å². The zero-order valence-electron chi connectivity index (χ0n) is 15.8. The van der Waals surface area contributed by atoms with Gasteiger partial charge in [-0.1, -0.05) is 36.4 Å². The molecule has 3 aromatic carbocycles. The lowest BCUT2D eigenvalue weighted by Crippen LogP contribution is -2.25. The highest BCUT2D eigenvalue weighted by Gasteiger charge is 2.32. The maximum atomic E-state index is 13.2. The topological polar surface area (TPSA) is 76.7 Å². The quantitative estimate of drug-likeness (QED) is 0.688. The van der Waals surface area contributed by atoms with Crippen molar-refractivity contribution in [3.05, 3.63) is 83.9 Å². The molecular weight excluding hydrogens is 368 g/mol. The first kappa shape index (κ1) is 18.7. The molecule has 6 nitrogen and oxygen atoms in total. The number of benzene rings is 3. The number of hydrogen-bond acceptors (Lipinski definition) is 4. The zero-order valence-corrected chi connectivity index (χ0v) is 15.8. The van der Waals surface area contributed by atoms with Crippen LogP contribution >= 0.6 is 0 Å². The van der Waals surface area contributed by atoms with Crippen LogP contribution in [0.3, 0.4) is 0 Å². The fourth-order valence-electron chi connectivity index (χ4n) is 3.37. The fourth-order valence-corrected chi connectivity index (χ4v) is 3.37. The molecule has 6 heteroatoms. The number of carbonyl (C=O) groups excluding carboxylic acids is 2. The first-order valence-electron chi connectivity index (χ1n) is 9.21. The van der Waals surface area contributed by atoms with Crippen molar-refractivity contribution in [3.8, 4) is 11.5 Å². The third-order valence-electron chi connectivity index (χ3n) is 4.65. The van der Waals surface area contributed by atoms with Crippen molar-refractivity contribution in [1.29, 1.82) is 0 Å². The fraction of sp³-hybridized carbons (Fsp3) is 0.130. The van der Waals surface area contributed by atoms with E-state index in [4.69, 9.17) is 9.47 Å². The molecule has 0 saturated heterocycles. The molecule has 2 N–H and O–H groups in total. The second kappa shape index (κ2) is 8.16. The molecule has 1 aliphatic rings. The minimum Gasteiger partial charge on any atom is -0.457 e. The summed E-state index contributed by atoms with van der Waals surface area (Å²) in [7, 11) is 1.46. The van der Waals surface area contributed by atoms with Gasteiger partial charge in [0, 0.05) is 29.6 Å². The van der Waals surface area contributed by atoms with Crippen molar-refractivity contribution in [3.63, 3.8) is 0 Å². The van der Waals surface area contributed by atoms with Crippen molar-refractivity contribution < 1.29 is 19.1 Å². The van der Waals surface area contributed by atoms with Crippen LogP contribution in [0.2, 0.25) is 0 Å². The number of carbonyl (C=O) groups is 2. The van der Waals surface area contributed by atoms with E-state index in [0.29, 0.717) is 22.9 Å². The number of anilines is 2. The molecule has 0 spiro atoms. The largest absolute Gasteiger partial charge is 0.457 e. The lowest BCUT2D eigenvalue weighted by atomic mass is 9.87. The Morgan fingerprint density at radius 3 is 1.90 bits per heavy atom. The van der Waals surface area contributed by atoms with Gasteiger partial charge in [0.05, 0.1) is 5.92 Å². The highest BCUT2D eigenvalue weighted by molar-refractivity contribution is 6.00. The lowest BCUT2D eigenvalue weighted by molar-refractivity contribution is -0.119. The van der Waals surface area contributed by atoms with Gasteiger partial charge in [-0.2, -0.15) is 0 Å². The van der Waals surface area contributed by atoms with Crippen LogP contribution in [0, 0.1) is 0 Å². The number of methoxy groups -OCH3 is 1. The molecule has 0 saturated carbocycles. The van der Waals surface area contributed by atoms with E-state index in [-0.39, 0.29) is 18.4 Å². The SMILES string of the molecule is COCC(=O)Nc1ccc(NC(=O)C2c3ccccc3Oc3ccccc32)cc1. The van der Waals surface area contributed by atoms with E-state index in [9.17, 15) is 9.59 Å². The van der Waals surface area contributed by atoms with Gasteiger partial charge in [-0.25, -0.2) is 0 Å². The van der Waals surface area contributed by atoms with Gasteiger partial charge in [-0.3, -0.25) is 9.59 Å². The second-order valence-corrected chi connectivity index (χ2v) is 6.66. The molecule has 1 aliphatic heterocycles. The van der Waals surface area contributed by atoms with Crippen molar-refractivity contribution in [2.75, 3.05) is 24.4 Å².